The Morgan fingerprint density at radius 1 is 1.10 bits per heavy atom. The van der Waals surface area contributed by atoms with Gasteiger partial charge in [-0.25, -0.2) is 0 Å². The van der Waals surface area contributed by atoms with Gasteiger partial charge in [0.2, 0.25) is 0 Å². The maximum Gasteiger partial charge on any atom is 0.143 e. The topological polar surface area (TPSA) is 20.2 Å². The van der Waals surface area contributed by atoms with Crippen LogP contribution >= 0.6 is 31.9 Å². The van der Waals surface area contributed by atoms with Crippen molar-refractivity contribution in [3.63, 3.8) is 0 Å². The first-order valence-corrected chi connectivity index (χ1v) is 3.93. The Hall–Kier alpha value is 0.980. The van der Waals surface area contributed by atoms with Gasteiger partial charge in [0.1, 0.15) is 5.75 Å². The van der Waals surface area contributed by atoms with E-state index >= 15 is 0 Å². The maximum atomic E-state index is 9.11. The van der Waals surface area contributed by atoms with E-state index in [1.807, 2.05) is 6.07 Å². The molecule has 0 aliphatic rings. The summed E-state index contributed by atoms with van der Waals surface area (Å²) in [6.45, 7) is 0. The van der Waals surface area contributed by atoms with Crippen LogP contribution in [-0.4, -0.2) is 34.7 Å². The van der Waals surface area contributed by atoms with Crippen molar-refractivity contribution >= 4 is 61.4 Å². The van der Waals surface area contributed by atoms with E-state index in [0.29, 0.717) is 8.95 Å². The molecule has 1 radical (unpaired) electrons. The van der Waals surface area contributed by atoms with Gasteiger partial charge < -0.3 is 5.11 Å². The first-order chi connectivity index (χ1) is 4.22. The Balaban J connectivity index is 0.000000810. The third-order valence-electron chi connectivity index (χ3n) is 0.938. The van der Waals surface area contributed by atoms with Gasteiger partial charge in [-0.2, -0.15) is 0 Å². The fourth-order valence-corrected chi connectivity index (χ4v) is 1.49. The summed E-state index contributed by atoms with van der Waals surface area (Å²) in [5, 5.41) is 9.11. The molecule has 0 spiro atoms. The third-order valence-corrected chi connectivity index (χ3v) is 2.22. The van der Waals surface area contributed by atoms with Gasteiger partial charge in [0, 0.05) is 29.6 Å². The van der Waals surface area contributed by atoms with Crippen LogP contribution in [0.3, 0.4) is 0 Å². The van der Waals surface area contributed by atoms with E-state index in [1.54, 1.807) is 12.1 Å². The zero-order valence-corrected chi connectivity index (χ0v) is 10.6. The number of para-hydroxylation sites is 1. The summed E-state index contributed by atoms with van der Waals surface area (Å²) < 4.78 is 1.41. The number of benzene rings is 1. The molecule has 0 amide bonds. The average Bonchev–Trinajstić information content (AvgIpc) is 1.83. The van der Waals surface area contributed by atoms with Crippen LogP contribution < -0.4 is 0 Å². The normalized spacial score (nSPS) is 8.60. The van der Waals surface area contributed by atoms with E-state index in [1.165, 1.54) is 0 Å². The van der Waals surface area contributed by atoms with Gasteiger partial charge >= 0.3 is 0 Å². The standard InChI is InChI=1S/C6H4Br2O.Na/c7-4-2-1-3-5(8)6(4)9;/h1-3,9H;. The second-order valence-electron chi connectivity index (χ2n) is 1.57. The van der Waals surface area contributed by atoms with Crippen molar-refractivity contribution in [3.8, 4) is 5.75 Å². The van der Waals surface area contributed by atoms with Crippen LogP contribution in [0.15, 0.2) is 27.1 Å². The molecule has 0 aliphatic carbocycles. The summed E-state index contributed by atoms with van der Waals surface area (Å²) >= 11 is 6.33. The minimum absolute atomic E-state index is 0. The second-order valence-corrected chi connectivity index (χ2v) is 3.28. The number of hydrogen-bond acceptors (Lipinski definition) is 1. The van der Waals surface area contributed by atoms with Crippen molar-refractivity contribution in [2.24, 2.45) is 0 Å². The molecule has 0 heterocycles. The molecule has 0 saturated heterocycles. The first-order valence-electron chi connectivity index (χ1n) is 2.35. The van der Waals surface area contributed by atoms with Crippen LogP contribution in [-0.2, 0) is 0 Å². The molecule has 49 valence electrons. The molecular formula is C6H4Br2NaO. The second kappa shape index (κ2) is 4.78. The molecule has 0 saturated carbocycles. The van der Waals surface area contributed by atoms with Gasteiger partial charge in [-0.05, 0) is 44.0 Å². The zero-order chi connectivity index (χ0) is 6.85. The van der Waals surface area contributed by atoms with E-state index in [4.69, 9.17) is 5.11 Å². The van der Waals surface area contributed by atoms with Crippen molar-refractivity contribution in [2.75, 3.05) is 0 Å². The summed E-state index contributed by atoms with van der Waals surface area (Å²) in [7, 11) is 0. The van der Waals surface area contributed by atoms with E-state index in [2.05, 4.69) is 31.9 Å². The molecule has 0 aromatic heterocycles. The molecule has 1 aromatic carbocycles. The number of rotatable bonds is 0. The summed E-state index contributed by atoms with van der Waals surface area (Å²) in [5.74, 6) is 0.248. The fraction of sp³-hybridized carbons (Fsp3) is 0. The minimum Gasteiger partial charge on any atom is -0.506 e. The zero-order valence-electron chi connectivity index (χ0n) is 5.44. The van der Waals surface area contributed by atoms with Gasteiger partial charge in [-0.15, -0.1) is 0 Å². The monoisotopic (exact) mass is 273 g/mol. The molecule has 1 aromatic rings. The SMILES string of the molecule is Oc1c(Br)cccc1Br.[Na]. The fourth-order valence-electron chi connectivity index (χ4n) is 0.489. The Bertz CT molecular complexity index is 207. The van der Waals surface area contributed by atoms with Crippen LogP contribution in [0.4, 0.5) is 0 Å². The number of phenols is 1. The molecule has 0 aliphatic heterocycles. The summed E-state index contributed by atoms with van der Waals surface area (Å²) in [6.07, 6.45) is 0. The Morgan fingerprint density at radius 2 is 1.50 bits per heavy atom. The number of aromatic hydroxyl groups is 1. The molecule has 1 rings (SSSR count). The van der Waals surface area contributed by atoms with Gasteiger partial charge in [-0.3, -0.25) is 0 Å². The van der Waals surface area contributed by atoms with Crippen molar-refractivity contribution in [1.29, 1.82) is 0 Å². The van der Waals surface area contributed by atoms with Crippen LogP contribution in [0.5, 0.6) is 5.75 Å². The molecule has 1 N–H and O–H groups in total. The van der Waals surface area contributed by atoms with Gasteiger partial charge in [0.05, 0.1) is 8.95 Å². The predicted molar refractivity (Wildman–Crippen MR) is 49.3 cm³/mol. The Morgan fingerprint density at radius 3 is 1.80 bits per heavy atom. The van der Waals surface area contributed by atoms with Crippen LogP contribution in [0.2, 0.25) is 0 Å². The van der Waals surface area contributed by atoms with Crippen LogP contribution in [0, 0.1) is 0 Å². The molecule has 0 bridgehead atoms. The molecular weight excluding hydrogens is 271 g/mol. The van der Waals surface area contributed by atoms with Gasteiger partial charge in [-0.1, -0.05) is 6.07 Å². The number of phenolic OH excluding ortho intramolecular Hbond substituents is 1. The summed E-state index contributed by atoms with van der Waals surface area (Å²) in [6, 6.07) is 5.40. The minimum atomic E-state index is 0. The quantitative estimate of drug-likeness (QED) is 0.721. The molecule has 0 fully saturated rings. The van der Waals surface area contributed by atoms with Crippen molar-refractivity contribution in [3.05, 3.63) is 27.1 Å². The Kier molecular flexibility index (Phi) is 5.24. The third kappa shape index (κ3) is 2.55. The van der Waals surface area contributed by atoms with Crippen molar-refractivity contribution < 1.29 is 5.11 Å². The molecule has 0 unspecified atom stereocenters. The molecule has 10 heavy (non-hydrogen) atoms. The summed E-state index contributed by atoms with van der Waals surface area (Å²) in [4.78, 5) is 0. The van der Waals surface area contributed by atoms with Crippen molar-refractivity contribution in [2.45, 2.75) is 0 Å². The van der Waals surface area contributed by atoms with Gasteiger partial charge in [0.25, 0.3) is 0 Å². The maximum absolute atomic E-state index is 9.11. The smallest absolute Gasteiger partial charge is 0.143 e. The van der Waals surface area contributed by atoms with Crippen LogP contribution in [0.1, 0.15) is 0 Å². The Labute approximate surface area is 98.4 Å². The summed E-state index contributed by atoms with van der Waals surface area (Å²) in [5.41, 5.74) is 0. The van der Waals surface area contributed by atoms with E-state index < -0.39 is 0 Å². The van der Waals surface area contributed by atoms with Crippen LogP contribution in [0.25, 0.3) is 0 Å². The van der Waals surface area contributed by atoms with E-state index in [9.17, 15) is 0 Å². The van der Waals surface area contributed by atoms with Gasteiger partial charge in [0.15, 0.2) is 0 Å². The molecule has 1 nitrogen and oxygen atoms in total. The predicted octanol–water partition coefficient (Wildman–Crippen LogP) is 2.54. The van der Waals surface area contributed by atoms with Crippen molar-refractivity contribution in [1.82, 2.24) is 0 Å². The first kappa shape index (κ1) is 11.0. The molecule has 4 heteroatoms. The number of hydrogen-bond donors (Lipinski definition) is 1. The molecule has 0 atom stereocenters. The van der Waals surface area contributed by atoms with E-state index in [-0.39, 0.29) is 35.3 Å². The largest absolute Gasteiger partial charge is 0.506 e. The number of halogens is 2. The van der Waals surface area contributed by atoms with E-state index in [0.717, 1.165) is 0 Å². The average molecular weight is 275 g/mol.